The minimum absolute atomic E-state index is 0.232. The topological polar surface area (TPSA) is 0 Å². The highest BCUT2D eigenvalue weighted by molar-refractivity contribution is 5.82. The number of alkyl halides is 6. The van der Waals surface area contributed by atoms with E-state index in [9.17, 15) is 26.3 Å². The average Bonchev–Trinajstić information content (AvgIpc) is 2.84. The van der Waals surface area contributed by atoms with Crippen LogP contribution in [0, 0.1) is 0 Å². The summed E-state index contributed by atoms with van der Waals surface area (Å²) in [7, 11) is 0. The van der Waals surface area contributed by atoms with Crippen molar-refractivity contribution in [3.8, 4) is 11.1 Å². The predicted molar refractivity (Wildman–Crippen MR) is 90.0 cm³/mol. The fourth-order valence-electron chi connectivity index (χ4n) is 3.38. The second-order valence-electron chi connectivity index (χ2n) is 6.20. The molecule has 0 saturated heterocycles. The van der Waals surface area contributed by atoms with Crippen LogP contribution in [0.3, 0.4) is 0 Å². The zero-order valence-corrected chi connectivity index (χ0v) is 14.9. The van der Waals surface area contributed by atoms with Crippen LogP contribution in [0.15, 0.2) is 36.4 Å². The van der Waals surface area contributed by atoms with E-state index in [0.29, 0.717) is 17.5 Å². The summed E-state index contributed by atoms with van der Waals surface area (Å²) in [5, 5.41) is 0. The van der Waals surface area contributed by atoms with Crippen molar-refractivity contribution in [3.63, 3.8) is 0 Å². The summed E-state index contributed by atoms with van der Waals surface area (Å²) in [4.78, 5) is 0. The average molecular weight is 374 g/mol. The van der Waals surface area contributed by atoms with E-state index in [-0.39, 0.29) is 11.1 Å². The Bertz CT molecular complexity index is 735. The second kappa shape index (κ2) is 6.63. The molecule has 0 atom stereocenters. The van der Waals surface area contributed by atoms with Gasteiger partial charge in [-0.15, -0.1) is 0 Å². The van der Waals surface area contributed by atoms with Crippen LogP contribution in [-0.2, 0) is 17.8 Å². The van der Waals surface area contributed by atoms with E-state index in [2.05, 4.69) is 0 Å². The molecule has 0 heterocycles. The second-order valence-corrected chi connectivity index (χ2v) is 6.20. The Morgan fingerprint density at radius 2 is 1.08 bits per heavy atom. The highest BCUT2D eigenvalue weighted by atomic mass is 19.4. The van der Waals surface area contributed by atoms with Crippen molar-refractivity contribution in [2.24, 2.45) is 0 Å². The maximum absolute atomic E-state index is 13.0. The molecule has 0 aliphatic heterocycles. The molecule has 0 spiro atoms. The van der Waals surface area contributed by atoms with Gasteiger partial charge >= 0.3 is 12.4 Å². The summed E-state index contributed by atoms with van der Waals surface area (Å²) < 4.78 is 78.0. The lowest BCUT2D eigenvalue weighted by atomic mass is 9.78. The summed E-state index contributed by atoms with van der Waals surface area (Å²) in [6, 6.07) is 6.65. The van der Waals surface area contributed by atoms with Crippen LogP contribution < -0.4 is 0 Å². The Hall–Kier alpha value is -1.98. The third-order valence-corrected chi connectivity index (χ3v) is 4.88. The Morgan fingerprint density at radius 3 is 1.35 bits per heavy atom. The van der Waals surface area contributed by atoms with E-state index in [1.54, 1.807) is 0 Å². The molecule has 1 aliphatic carbocycles. The Labute approximate surface area is 148 Å². The Kier molecular flexibility index (Phi) is 5.19. The highest BCUT2D eigenvalue weighted by Gasteiger charge is 2.42. The Morgan fingerprint density at radius 1 is 0.731 bits per heavy atom. The molecule has 0 radical (unpaired) electrons. The first-order valence-corrected chi connectivity index (χ1v) is 8.42. The standard InChI is InChI=1S/C18H14F6.C2H6/c1-3-16(2)14-6-4-10(17(19,20)21)8-12(14)13-9-11(18(22,23)24)5-7-15(13)16;1-2/h4-9H,3H2,1-2H3;1-2H3. The summed E-state index contributed by atoms with van der Waals surface area (Å²) in [5.41, 5.74) is -0.584. The monoisotopic (exact) mass is 374 g/mol. The molecule has 0 bridgehead atoms. The van der Waals surface area contributed by atoms with Crippen molar-refractivity contribution in [2.45, 2.75) is 51.9 Å². The number of hydrogen-bond donors (Lipinski definition) is 0. The first-order chi connectivity index (χ1) is 12.0. The van der Waals surface area contributed by atoms with E-state index in [1.807, 2.05) is 27.7 Å². The Balaban J connectivity index is 0.00000117. The molecular weight excluding hydrogens is 354 g/mol. The van der Waals surface area contributed by atoms with Gasteiger partial charge in [-0.25, -0.2) is 0 Å². The van der Waals surface area contributed by atoms with E-state index in [1.165, 1.54) is 12.1 Å². The summed E-state index contributed by atoms with van der Waals surface area (Å²) in [5.74, 6) is 0. The van der Waals surface area contributed by atoms with Gasteiger partial charge in [0.1, 0.15) is 0 Å². The number of hydrogen-bond acceptors (Lipinski definition) is 0. The zero-order chi connectivity index (χ0) is 19.9. The number of fused-ring (bicyclic) bond motifs is 3. The van der Waals surface area contributed by atoms with Crippen LogP contribution >= 0.6 is 0 Å². The smallest absolute Gasteiger partial charge is 0.166 e. The van der Waals surface area contributed by atoms with Crippen molar-refractivity contribution in [2.75, 3.05) is 0 Å². The van der Waals surface area contributed by atoms with Gasteiger partial charge in [-0.2, -0.15) is 26.3 Å². The summed E-state index contributed by atoms with van der Waals surface area (Å²) in [6.07, 6.45) is -8.51. The van der Waals surface area contributed by atoms with Gasteiger partial charge in [0.25, 0.3) is 0 Å². The molecule has 0 fully saturated rings. The SMILES string of the molecule is CC.CCC1(C)c2ccc(C(F)(F)F)cc2-c2cc(C(F)(F)F)ccc21. The van der Waals surface area contributed by atoms with Gasteiger partial charge in [0, 0.05) is 5.41 Å². The maximum Gasteiger partial charge on any atom is 0.416 e. The fraction of sp³-hybridized carbons (Fsp3) is 0.400. The van der Waals surface area contributed by atoms with Gasteiger partial charge < -0.3 is 0 Å². The van der Waals surface area contributed by atoms with Crippen LogP contribution in [-0.4, -0.2) is 0 Å². The van der Waals surface area contributed by atoms with Gasteiger partial charge in [0.15, 0.2) is 0 Å². The van der Waals surface area contributed by atoms with E-state index in [0.717, 1.165) is 24.3 Å². The van der Waals surface area contributed by atoms with Gasteiger partial charge in [-0.05, 0) is 52.9 Å². The molecule has 0 aromatic heterocycles. The van der Waals surface area contributed by atoms with Crippen LogP contribution in [0.1, 0.15) is 56.4 Å². The molecule has 0 saturated carbocycles. The molecule has 26 heavy (non-hydrogen) atoms. The van der Waals surface area contributed by atoms with Crippen molar-refractivity contribution in [3.05, 3.63) is 58.7 Å². The van der Waals surface area contributed by atoms with Crippen LogP contribution in [0.5, 0.6) is 0 Å². The molecule has 0 amide bonds. The van der Waals surface area contributed by atoms with E-state index < -0.39 is 28.9 Å². The lowest BCUT2D eigenvalue weighted by Crippen LogP contribution is -2.19. The fourth-order valence-corrected chi connectivity index (χ4v) is 3.38. The lowest BCUT2D eigenvalue weighted by molar-refractivity contribution is -0.138. The predicted octanol–water partition coefficient (Wildman–Crippen LogP) is 7.45. The van der Waals surface area contributed by atoms with E-state index >= 15 is 0 Å². The minimum atomic E-state index is -4.54. The third-order valence-electron chi connectivity index (χ3n) is 4.88. The number of halogens is 6. The van der Waals surface area contributed by atoms with Crippen molar-refractivity contribution in [1.29, 1.82) is 0 Å². The normalized spacial score (nSPS) is 15.0. The van der Waals surface area contributed by atoms with Gasteiger partial charge in [0.2, 0.25) is 0 Å². The maximum atomic E-state index is 13.0. The summed E-state index contributed by atoms with van der Waals surface area (Å²) >= 11 is 0. The van der Waals surface area contributed by atoms with Gasteiger partial charge in [-0.1, -0.05) is 39.8 Å². The molecule has 2 aromatic rings. The molecule has 3 rings (SSSR count). The van der Waals surface area contributed by atoms with Crippen LogP contribution in [0.2, 0.25) is 0 Å². The van der Waals surface area contributed by atoms with Crippen molar-refractivity contribution < 1.29 is 26.3 Å². The van der Waals surface area contributed by atoms with Crippen LogP contribution in [0.25, 0.3) is 11.1 Å². The van der Waals surface area contributed by atoms with Crippen LogP contribution in [0.4, 0.5) is 26.3 Å². The number of rotatable bonds is 1. The molecule has 1 aliphatic rings. The quantitative estimate of drug-likeness (QED) is 0.455. The molecule has 6 heteroatoms. The molecule has 0 nitrogen and oxygen atoms in total. The third kappa shape index (κ3) is 3.21. The highest BCUT2D eigenvalue weighted by Crippen LogP contribution is 2.52. The largest absolute Gasteiger partial charge is 0.416 e. The molecule has 0 unspecified atom stereocenters. The van der Waals surface area contributed by atoms with Gasteiger partial charge in [-0.3, -0.25) is 0 Å². The zero-order valence-electron chi connectivity index (χ0n) is 14.9. The molecule has 2 aromatic carbocycles. The lowest BCUT2D eigenvalue weighted by Gasteiger charge is -2.26. The first-order valence-electron chi connectivity index (χ1n) is 8.42. The van der Waals surface area contributed by atoms with E-state index in [4.69, 9.17) is 0 Å². The van der Waals surface area contributed by atoms with Gasteiger partial charge in [0.05, 0.1) is 11.1 Å². The number of benzene rings is 2. The molecule has 142 valence electrons. The molecule has 0 N–H and O–H groups in total. The summed E-state index contributed by atoms with van der Waals surface area (Å²) in [6.45, 7) is 7.71. The minimum Gasteiger partial charge on any atom is -0.166 e. The van der Waals surface area contributed by atoms with Crippen molar-refractivity contribution >= 4 is 0 Å². The first kappa shape index (κ1) is 20.3. The van der Waals surface area contributed by atoms with Crippen molar-refractivity contribution in [1.82, 2.24) is 0 Å². The molecular formula is C20H20F6.